The highest BCUT2D eigenvalue weighted by Gasteiger charge is 2.50. The summed E-state index contributed by atoms with van der Waals surface area (Å²) in [5.74, 6) is 2.45. The van der Waals surface area contributed by atoms with E-state index in [1.807, 2.05) is 60.7 Å². The number of methoxy groups -OCH3 is 1. The first-order chi connectivity index (χ1) is 14.2. The van der Waals surface area contributed by atoms with E-state index in [1.165, 1.54) is 0 Å². The molecule has 0 saturated heterocycles. The minimum atomic E-state index is -0.422. The van der Waals surface area contributed by atoms with Crippen molar-refractivity contribution in [2.24, 2.45) is 0 Å². The van der Waals surface area contributed by atoms with Crippen LogP contribution < -0.4 is 14.2 Å². The van der Waals surface area contributed by atoms with E-state index in [2.05, 4.69) is 0 Å². The van der Waals surface area contributed by atoms with Gasteiger partial charge in [-0.15, -0.1) is 0 Å². The predicted molar refractivity (Wildman–Crippen MR) is 108 cm³/mol. The summed E-state index contributed by atoms with van der Waals surface area (Å²) >= 11 is 0. The minimum Gasteiger partial charge on any atom is -0.497 e. The second kappa shape index (κ2) is 6.92. The van der Waals surface area contributed by atoms with Crippen molar-refractivity contribution in [1.29, 1.82) is 0 Å². The highest BCUT2D eigenvalue weighted by molar-refractivity contribution is 5.94. The lowest BCUT2D eigenvalue weighted by molar-refractivity contribution is -0.120. The molecule has 0 amide bonds. The van der Waals surface area contributed by atoms with Crippen LogP contribution in [0.1, 0.15) is 24.1 Å². The van der Waals surface area contributed by atoms with Crippen molar-refractivity contribution in [1.82, 2.24) is 4.98 Å². The summed E-state index contributed by atoms with van der Waals surface area (Å²) in [5, 5.41) is 0. The van der Waals surface area contributed by atoms with Crippen LogP contribution in [0.4, 0.5) is 0 Å². The largest absolute Gasteiger partial charge is 0.497 e. The molecule has 1 fully saturated rings. The number of carbonyl (C=O) groups is 1. The monoisotopic (exact) mass is 387 g/mol. The van der Waals surface area contributed by atoms with Gasteiger partial charge >= 0.3 is 0 Å². The molecule has 1 aliphatic carbocycles. The van der Waals surface area contributed by atoms with Crippen LogP contribution in [0.25, 0.3) is 11.3 Å². The van der Waals surface area contributed by atoms with E-state index < -0.39 is 5.41 Å². The number of carbonyl (C=O) groups excluding carboxylic acids is 1. The average Bonchev–Trinajstić information content (AvgIpc) is 3.45. The lowest BCUT2D eigenvalue weighted by Crippen LogP contribution is -2.23. The van der Waals surface area contributed by atoms with Crippen LogP contribution in [-0.4, -0.2) is 24.7 Å². The molecule has 0 atom stereocenters. The van der Waals surface area contributed by atoms with E-state index >= 15 is 0 Å². The van der Waals surface area contributed by atoms with E-state index in [1.54, 1.807) is 7.11 Å². The van der Waals surface area contributed by atoms with Gasteiger partial charge in [0, 0.05) is 17.7 Å². The standard InChI is InChI=1S/C24H21NO4/c1-27-19-6-2-4-16(12-19)20-7-3-5-18(25-20)14-23(26)24(10-11-24)17-8-9-21-22(13-17)29-15-28-21/h2-9,12-13H,10-11,14-15H2,1H3. The maximum absolute atomic E-state index is 13.2. The third-order valence-electron chi connectivity index (χ3n) is 5.72. The van der Waals surface area contributed by atoms with Gasteiger partial charge in [0.1, 0.15) is 11.5 Å². The number of rotatable bonds is 6. The molecule has 5 heteroatoms. The molecule has 2 aromatic carbocycles. The van der Waals surface area contributed by atoms with E-state index in [4.69, 9.17) is 19.2 Å². The summed E-state index contributed by atoms with van der Waals surface area (Å²) in [7, 11) is 1.65. The summed E-state index contributed by atoms with van der Waals surface area (Å²) in [6.45, 7) is 0.237. The molecule has 2 heterocycles. The summed E-state index contributed by atoms with van der Waals surface area (Å²) in [6, 6.07) is 19.4. The Labute approximate surface area is 169 Å². The fourth-order valence-electron chi connectivity index (χ4n) is 3.90. The van der Waals surface area contributed by atoms with Crippen LogP contribution >= 0.6 is 0 Å². The molecule has 0 spiro atoms. The number of pyridine rings is 1. The van der Waals surface area contributed by atoms with Gasteiger partial charge in [0.2, 0.25) is 6.79 Å². The minimum absolute atomic E-state index is 0.201. The van der Waals surface area contributed by atoms with Crippen LogP contribution in [0, 0.1) is 0 Å². The number of ketones is 1. The first kappa shape index (κ1) is 17.7. The van der Waals surface area contributed by atoms with Crippen molar-refractivity contribution < 1.29 is 19.0 Å². The second-order valence-corrected chi connectivity index (χ2v) is 7.50. The van der Waals surface area contributed by atoms with Gasteiger partial charge in [-0.05, 0) is 54.8 Å². The maximum atomic E-state index is 13.2. The number of nitrogens with zero attached hydrogens (tertiary/aromatic N) is 1. The zero-order valence-electron chi connectivity index (χ0n) is 16.2. The lowest BCUT2D eigenvalue weighted by atomic mass is 9.88. The Morgan fingerprint density at radius 1 is 1.03 bits per heavy atom. The van der Waals surface area contributed by atoms with Crippen LogP contribution in [0.2, 0.25) is 0 Å². The maximum Gasteiger partial charge on any atom is 0.231 e. The van der Waals surface area contributed by atoms with Crippen molar-refractivity contribution in [3.05, 3.63) is 71.9 Å². The Bertz CT molecular complexity index is 1090. The van der Waals surface area contributed by atoms with Crippen LogP contribution in [0.5, 0.6) is 17.2 Å². The van der Waals surface area contributed by atoms with Crippen molar-refractivity contribution in [3.8, 4) is 28.5 Å². The molecule has 0 N–H and O–H groups in total. The Hall–Kier alpha value is -3.34. The fraction of sp³-hybridized carbons (Fsp3) is 0.250. The number of benzene rings is 2. The van der Waals surface area contributed by atoms with Crippen molar-refractivity contribution >= 4 is 5.78 Å². The average molecular weight is 387 g/mol. The number of fused-ring (bicyclic) bond motifs is 1. The molecule has 146 valence electrons. The summed E-state index contributed by atoms with van der Waals surface area (Å²) in [6.07, 6.45) is 2.04. The van der Waals surface area contributed by atoms with Gasteiger partial charge in [-0.2, -0.15) is 0 Å². The smallest absolute Gasteiger partial charge is 0.231 e. The highest BCUT2D eigenvalue weighted by Crippen LogP contribution is 2.51. The molecule has 5 rings (SSSR count). The molecule has 0 unspecified atom stereocenters. The molecule has 3 aromatic rings. The molecule has 0 radical (unpaired) electrons. The second-order valence-electron chi connectivity index (χ2n) is 7.50. The summed E-state index contributed by atoms with van der Waals surface area (Å²) < 4.78 is 16.2. The number of aromatic nitrogens is 1. The first-order valence-corrected chi connectivity index (χ1v) is 9.72. The number of hydrogen-bond donors (Lipinski definition) is 0. The quantitative estimate of drug-likeness (QED) is 0.630. The van der Waals surface area contributed by atoms with E-state index in [0.717, 1.165) is 52.6 Å². The van der Waals surface area contributed by atoms with Gasteiger partial charge in [0.25, 0.3) is 0 Å². The molecule has 0 bridgehead atoms. The van der Waals surface area contributed by atoms with Gasteiger partial charge in [0.05, 0.1) is 18.2 Å². The van der Waals surface area contributed by atoms with E-state index in [-0.39, 0.29) is 12.6 Å². The summed E-state index contributed by atoms with van der Waals surface area (Å²) in [4.78, 5) is 17.9. The number of ether oxygens (including phenoxy) is 3. The molecule has 1 aliphatic heterocycles. The SMILES string of the molecule is COc1cccc(-c2cccc(CC(=O)C3(c4ccc5c(c4)OCO5)CC3)n2)c1. The van der Waals surface area contributed by atoms with Crippen LogP contribution in [0.3, 0.4) is 0 Å². The lowest BCUT2D eigenvalue weighted by Gasteiger charge is -2.15. The van der Waals surface area contributed by atoms with Crippen LogP contribution in [-0.2, 0) is 16.6 Å². The Balaban J connectivity index is 1.38. The van der Waals surface area contributed by atoms with Gasteiger partial charge < -0.3 is 14.2 Å². The molecular weight excluding hydrogens is 366 g/mol. The van der Waals surface area contributed by atoms with Gasteiger partial charge in [-0.3, -0.25) is 9.78 Å². The van der Waals surface area contributed by atoms with E-state index in [9.17, 15) is 4.79 Å². The van der Waals surface area contributed by atoms with Crippen LogP contribution in [0.15, 0.2) is 60.7 Å². The van der Waals surface area contributed by atoms with Crippen molar-refractivity contribution in [2.75, 3.05) is 13.9 Å². The molecular formula is C24H21NO4. The predicted octanol–water partition coefficient (Wildman–Crippen LogP) is 4.33. The topological polar surface area (TPSA) is 57.7 Å². The molecule has 29 heavy (non-hydrogen) atoms. The Morgan fingerprint density at radius 3 is 2.69 bits per heavy atom. The highest BCUT2D eigenvalue weighted by atomic mass is 16.7. The first-order valence-electron chi connectivity index (χ1n) is 9.72. The molecule has 1 saturated carbocycles. The van der Waals surface area contributed by atoms with Crippen molar-refractivity contribution in [3.63, 3.8) is 0 Å². The Kier molecular flexibility index (Phi) is 4.23. The van der Waals surface area contributed by atoms with Gasteiger partial charge in [-0.25, -0.2) is 0 Å². The van der Waals surface area contributed by atoms with Crippen molar-refractivity contribution in [2.45, 2.75) is 24.7 Å². The van der Waals surface area contributed by atoms with E-state index in [0.29, 0.717) is 6.42 Å². The zero-order valence-corrected chi connectivity index (χ0v) is 16.2. The molecule has 1 aromatic heterocycles. The molecule has 5 nitrogen and oxygen atoms in total. The Morgan fingerprint density at radius 2 is 1.86 bits per heavy atom. The number of Topliss-reactive ketones (excluding diaryl/α,β-unsaturated/α-hetero) is 1. The normalized spacial score (nSPS) is 15.8. The third kappa shape index (κ3) is 3.23. The van der Waals surface area contributed by atoms with Gasteiger partial charge in [0.15, 0.2) is 11.5 Å². The molecule has 2 aliphatic rings. The van der Waals surface area contributed by atoms with Gasteiger partial charge in [-0.1, -0.05) is 24.3 Å². The third-order valence-corrected chi connectivity index (χ3v) is 5.72. The zero-order chi connectivity index (χ0) is 19.8. The summed E-state index contributed by atoms with van der Waals surface area (Å²) in [5.41, 5.74) is 3.17. The number of hydrogen-bond acceptors (Lipinski definition) is 5. The fourth-order valence-corrected chi connectivity index (χ4v) is 3.90.